The second-order valence-electron chi connectivity index (χ2n) is 6.16. The standard InChI is InChI=1S/C18H16F3NO5/c19-18(20,21)27-14-7-2-1-4-11(14)13-8-9-15(26-13)16(23)22-12-6-3-5-10(12)17(24)25/h1-2,4,7-10,12H,3,5-6H2,(H,22,23)(H,24,25)/t10-,12+/m1/s1. The van der Waals surface area contributed by atoms with Gasteiger partial charge in [0.2, 0.25) is 0 Å². The minimum Gasteiger partial charge on any atom is -0.481 e. The number of carbonyl (C=O) groups excluding carboxylic acids is 1. The van der Waals surface area contributed by atoms with E-state index in [-0.39, 0.29) is 17.1 Å². The van der Waals surface area contributed by atoms with Gasteiger partial charge < -0.3 is 19.6 Å². The highest BCUT2D eigenvalue weighted by Crippen LogP contribution is 2.34. The smallest absolute Gasteiger partial charge is 0.481 e. The van der Waals surface area contributed by atoms with Crippen LogP contribution < -0.4 is 10.1 Å². The van der Waals surface area contributed by atoms with Crippen LogP contribution in [-0.4, -0.2) is 29.4 Å². The molecular weight excluding hydrogens is 367 g/mol. The maximum absolute atomic E-state index is 12.5. The Labute approximate surface area is 151 Å². The maximum atomic E-state index is 12.5. The largest absolute Gasteiger partial charge is 0.573 e. The molecule has 1 aromatic carbocycles. The van der Waals surface area contributed by atoms with Crippen LogP contribution in [0.25, 0.3) is 11.3 Å². The lowest BCUT2D eigenvalue weighted by Crippen LogP contribution is -2.40. The molecule has 0 unspecified atom stereocenters. The third-order valence-electron chi connectivity index (χ3n) is 4.36. The van der Waals surface area contributed by atoms with Crippen molar-refractivity contribution in [3.8, 4) is 17.1 Å². The Balaban J connectivity index is 1.77. The van der Waals surface area contributed by atoms with E-state index in [1.165, 1.54) is 30.3 Å². The highest BCUT2D eigenvalue weighted by Gasteiger charge is 2.35. The van der Waals surface area contributed by atoms with Crippen molar-refractivity contribution in [3.63, 3.8) is 0 Å². The number of halogens is 3. The van der Waals surface area contributed by atoms with Crippen LogP contribution in [0.1, 0.15) is 29.8 Å². The average molecular weight is 383 g/mol. The van der Waals surface area contributed by atoms with Gasteiger partial charge >= 0.3 is 12.3 Å². The fourth-order valence-corrected chi connectivity index (χ4v) is 3.16. The molecular formula is C18H16F3NO5. The van der Waals surface area contributed by atoms with Gasteiger partial charge in [0.05, 0.1) is 11.5 Å². The highest BCUT2D eigenvalue weighted by molar-refractivity contribution is 5.92. The monoisotopic (exact) mass is 383 g/mol. The minimum absolute atomic E-state index is 0.0289. The molecule has 1 aromatic heterocycles. The van der Waals surface area contributed by atoms with E-state index in [1.54, 1.807) is 0 Å². The van der Waals surface area contributed by atoms with Crippen molar-refractivity contribution in [2.24, 2.45) is 5.92 Å². The van der Waals surface area contributed by atoms with Gasteiger partial charge in [-0.3, -0.25) is 9.59 Å². The number of para-hydroxylation sites is 1. The fourth-order valence-electron chi connectivity index (χ4n) is 3.16. The predicted octanol–water partition coefficient (Wildman–Crippen LogP) is 3.83. The molecule has 0 bridgehead atoms. The molecule has 0 aliphatic heterocycles. The second kappa shape index (κ2) is 7.34. The Bertz CT molecular complexity index is 846. The Hall–Kier alpha value is -2.97. The van der Waals surface area contributed by atoms with Gasteiger partial charge in [0.1, 0.15) is 11.5 Å². The summed E-state index contributed by atoms with van der Waals surface area (Å²) in [6.07, 6.45) is -3.16. The molecule has 1 fully saturated rings. The molecule has 144 valence electrons. The molecule has 2 N–H and O–H groups in total. The molecule has 1 amide bonds. The number of hydrogen-bond donors (Lipinski definition) is 2. The van der Waals surface area contributed by atoms with Crippen molar-refractivity contribution in [1.29, 1.82) is 0 Å². The van der Waals surface area contributed by atoms with Crippen LogP contribution in [0.5, 0.6) is 5.75 Å². The Kier molecular flexibility index (Phi) is 5.11. The van der Waals surface area contributed by atoms with Crippen LogP contribution in [0.15, 0.2) is 40.8 Å². The Morgan fingerprint density at radius 2 is 1.89 bits per heavy atom. The number of nitrogens with one attached hydrogen (secondary N) is 1. The number of carbonyl (C=O) groups is 2. The zero-order valence-corrected chi connectivity index (χ0v) is 14.0. The highest BCUT2D eigenvalue weighted by atomic mass is 19.4. The van der Waals surface area contributed by atoms with E-state index in [9.17, 15) is 22.8 Å². The van der Waals surface area contributed by atoms with E-state index in [4.69, 9.17) is 9.52 Å². The maximum Gasteiger partial charge on any atom is 0.573 e. The summed E-state index contributed by atoms with van der Waals surface area (Å²) < 4.78 is 47.0. The van der Waals surface area contributed by atoms with Gasteiger partial charge in [0.25, 0.3) is 5.91 Å². The molecule has 1 aliphatic rings. The number of rotatable bonds is 5. The van der Waals surface area contributed by atoms with Crippen molar-refractivity contribution < 1.29 is 37.0 Å². The zero-order chi connectivity index (χ0) is 19.6. The third-order valence-corrected chi connectivity index (χ3v) is 4.36. The van der Waals surface area contributed by atoms with Crippen LogP contribution in [0.2, 0.25) is 0 Å². The van der Waals surface area contributed by atoms with Gasteiger partial charge in [0.15, 0.2) is 5.76 Å². The number of benzene rings is 1. The van der Waals surface area contributed by atoms with Crippen molar-refractivity contribution in [2.45, 2.75) is 31.7 Å². The Morgan fingerprint density at radius 1 is 1.15 bits per heavy atom. The molecule has 2 atom stereocenters. The first-order valence-corrected chi connectivity index (χ1v) is 8.23. The van der Waals surface area contributed by atoms with Gasteiger partial charge in [-0.15, -0.1) is 13.2 Å². The number of aliphatic carboxylic acids is 1. The second-order valence-corrected chi connectivity index (χ2v) is 6.16. The lowest BCUT2D eigenvalue weighted by atomic mass is 10.0. The number of ether oxygens (including phenoxy) is 1. The SMILES string of the molecule is O=C(N[C@H]1CCC[C@H]1C(=O)O)c1ccc(-c2ccccc2OC(F)(F)F)o1. The first-order chi connectivity index (χ1) is 12.7. The molecule has 1 heterocycles. The zero-order valence-electron chi connectivity index (χ0n) is 14.0. The molecule has 3 rings (SSSR count). The summed E-state index contributed by atoms with van der Waals surface area (Å²) in [5.74, 6) is -2.80. The lowest BCUT2D eigenvalue weighted by molar-refractivity contribution is -0.274. The quantitative estimate of drug-likeness (QED) is 0.819. The summed E-state index contributed by atoms with van der Waals surface area (Å²) in [5.41, 5.74) is 0.0400. The van der Waals surface area contributed by atoms with Gasteiger partial charge in [-0.25, -0.2) is 0 Å². The van der Waals surface area contributed by atoms with Gasteiger partial charge in [-0.05, 0) is 37.1 Å². The van der Waals surface area contributed by atoms with Crippen LogP contribution in [0.3, 0.4) is 0 Å². The molecule has 0 radical (unpaired) electrons. The van der Waals surface area contributed by atoms with Crippen molar-refractivity contribution in [1.82, 2.24) is 5.32 Å². The summed E-state index contributed by atoms with van der Waals surface area (Å²) in [6, 6.07) is 7.57. The number of carboxylic acid groups (broad SMARTS) is 1. The van der Waals surface area contributed by atoms with E-state index in [2.05, 4.69) is 10.1 Å². The molecule has 0 saturated heterocycles. The topological polar surface area (TPSA) is 88.8 Å². The Morgan fingerprint density at radius 3 is 2.59 bits per heavy atom. The first kappa shape index (κ1) is 18.8. The average Bonchev–Trinajstić information content (AvgIpc) is 3.23. The van der Waals surface area contributed by atoms with E-state index in [0.29, 0.717) is 19.3 Å². The fraction of sp³-hybridized carbons (Fsp3) is 0.333. The number of hydrogen-bond acceptors (Lipinski definition) is 4. The molecule has 1 saturated carbocycles. The van der Waals surface area contributed by atoms with Crippen LogP contribution >= 0.6 is 0 Å². The molecule has 9 heteroatoms. The van der Waals surface area contributed by atoms with Gasteiger partial charge in [0, 0.05) is 6.04 Å². The van der Waals surface area contributed by atoms with E-state index in [1.807, 2.05) is 0 Å². The van der Waals surface area contributed by atoms with Gasteiger partial charge in [-0.1, -0.05) is 18.6 Å². The van der Waals surface area contributed by atoms with E-state index < -0.39 is 35.9 Å². The molecule has 6 nitrogen and oxygen atoms in total. The molecule has 1 aliphatic carbocycles. The number of amides is 1. The first-order valence-electron chi connectivity index (χ1n) is 8.23. The molecule has 27 heavy (non-hydrogen) atoms. The summed E-state index contributed by atoms with van der Waals surface area (Å²) in [7, 11) is 0. The predicted molar refractivity (Wildman–Crippen MR) is 87.1 cm³/mol. The van der Waals surface area contributed by atoms with Crippen LogP contribution in [-0.2, 0) is 4.79 Å². The number of carboxylic acids is 1. The number of furan rings is 1. The van der Waals surface area contributed by atoms with Crippen LogP contribution in [0, 0.1) is 5.92 Å². The van der Waals surface area contributed by atoms with E-state index in [0.717, 1.165) is 6.07 Å². The minimum atomic E-state index is -4.86. The van der Waals surface area contributed by atoms with Crippen molar-refractivity contribution >= 4 is 11.9 Å². The summed E-state index contributed by atoms with van der Waals surface area (Å²) in [5, 5.41) is 11.8. The van der Waals surface area contributed by atoms with E-state index >= 15 is 0 Å². The molecule has 2 aromatic rings. The number of alkyl halides is 3. The lowest BCUT2D eigenvalue weighted by Gasteiger charge is -2.16. The molecule has 0 spiro atoms. The normalized spacial score (nSPS) is 19.7. The van der Waals surface area contributed by atoms with Gasteiger partial charge in [-0.2, -0.15) is 0 Å². The summed E-state index contributed by atoms with van der Waals surface area (Å²) in [4.78, 5) is 23.5. The summed E-state index contributed by atoms with van der Waals surface area (Å²) in [6.45, 7) is 0. The van der Waals surface area contributed by atoms with Crippen molar-refractivity contribution in [2.75, 3.05) is 0 Å². The van der Waals surface area contributed by atoms with Crippen molar-refractivity contribution in [3.05, 3.63) is 42.2 Å². The third kappa shape index (κ3) is 4.42. The van der Waals surface area contributed by atoms with Crippen LogP contribution in [0.4, 0.5) is 13.2 Å². The summed E-state index contributed by atoms with van der Waals surface area (Å²) >= 11 is 0.